The van der Waals surface area contributed by atoms with E-state index in [1.54, 1.807) is 5.57 Å². The highest BCUT2D eigenvalue weighted by molar-refractivity contribution is 5.67. The average molecular weight is 380 g/mol. The summed E-state index contributed by atoms with van der Waals surface area (Å²) in [5.41, 5.74) is 2.18. The van der Waals surface area contributed by atoms with Crippen molar-refractivity contribution >= 4 is 6.21 Å². The molecule has 6 bridgehead atoms. The zero-order valence-electron chi connectivity index (χ0n) is 17.7. The molecular formula is C26H39N2+. The van der Waals surface area contributed by atoms with Gasteiger partial charge in [-0.3, -0.25) is 4.90 Å². The molecule has 1 spiro atoms. The molecule has 5 heterocycles. The molecule has 0 aromatic heterocycles. The second kappa shape index (κ2) is 8.30. The molecule has 28 heavy (non-hydrogen) atoms. The van der Waals surface area contributed by atoms with Crippen LogP contribution in [-0.2, 0) is 0 Å². The maximum absolute atomic E-state index is 2.94. The van der Waals surface area contributed by atoms with Crippen molar-refractivity contribution in [1.29, 1.82) is 0 Å². The minimum atomic E-state index is 0.387. The summed E-state index contributed by atoms with van der Waals surface area (Å²) in [6, 6.07) is 0.672. The molecule has 1 aliphatic carbocycles. The largest absolute Gasteiger partial charge is 0.295 e. The highest BCUT2D eigenvalue weighted by Gasteiger charge is 2.59. The summed E-state index contributed by atoms with van der Waals surface area (Å²) >= 11 is 0. The molecule has 5 atom stereocenters. The van der Waals surface area contributed by atoms with Gasteiger partial charge in [-0.25, -0.2) is 4.58 Å². The quantitative estimate of drug-likeness (QED) is 0.406. The highest BCUT2D eigenvalue weighted by Crippen LogP contribution is 2.55. The van der Waals surface area contributed by atoms with E-state index in [-0.39, 0.29) is 0 Å². The van der Waals surface area contributed by atoms with E-state index in [0.29, 0.717) is 11.5 Å². The van der Waals surface area contributed by atoms with Crippen molar-refractivity contribution in [3.05, 3.63) is 36.0 Å². The van der Waals surface area contributed by atoms with Gasteiger partial charge >= 0.3 is 0 Å². The number of hydrogen-bond acceptors (Lipinski definition) is 1. The van der Waals surface area contributed by atoms with Crippen molar-refractivity contribution in [2.24, 2.45) is 17.3 Å². The number of allylic oxidation sites excluding steroid dienone is 4. The SMILES string of the molecule is C1=C2CC/C=C\CCCC[N+]3=C[C@]45CC/C=C\CCCCN(C[C@@H]1[C@H]4CC3)[C@H]25. The van der Waals surface area contributed by atoms with Crippen molar-refractivity contribution < 1.29 is 4.58 Å². The summed E-state index contributed by atoms with van der Waals surface area (Å²) in [5.74, 6) is 1.67. The first-order valence-corrected chi connectivity index (χ1v) is 12.2. The third kappa shape index (κ3) is 3.47. The Bertz CT molecular complexity index is 685. The predicted octanol–water partition coefficient (Wildman–Crippen LogP) is 5.36. The summed E-state index contributed by atoms with van der Waals surface area (Å²) in [7, 11) is 0. The first-order chi connectivity index (χ1) is 13.9. The van der Waals surface area contributed by atoms with E-state index in [1.165, 1.54) is 96.8 Å². The minimum Gasteiger partial charge on any atom is -0.295 e. The van der Waals surface area contributed by atoms with Crippen LogP contribution in [0.5, 0.6) is 0 Å². The van der Waals surface area contributed by atoms with Gasteiger partial charge in [-0.15, -0.1) is 0 Å². The van der Waals surface area contributed by atoms with Gasteiger partial charge in [0.1, 0.15) is 19.3 Å². The van der Waals surface area contributed by atoms with Gasteiger partial charge in [0.05, 0.1) is 5.41 Å². The lowest BCUT2D eigenvalue weighted by molar-refractivity contribution is -0.537. The molecule has 0 N–H and O–H groups in total. The van der Waals surface area contributed by atoms with Crippen molar-refractivity contribution in [3.63, 3.8) is 0 Å². The Balaban J connectivity index is 1.58. The maximum atomic E-state index is 2.94. The Hall–Kier alpha value is -1.15. The molecule has 0 radical (unpaired) electrons. The van der Waals surface area contributed by atoms with Crippen LogP contribution in [0.15, 0.2) is 36.0 Å². The molecule has 2 nitrogen and oxygen atoms in total. The molecule has 0 saturated carbocycles. The normalized spacial score (nSPS) is 43.4. The van der Waals surface area contributed by atoms with Crippen molar-refractivity contribution in [2.45, 2.75) is 76.7 Å². The van der Waals surface area contributed by atoms with Crippen LogP contribution >= 0.6 is 0 Å². The van der Waals surface area contributed by atoms with Crippen molar-refractivity contribution in [3.8, 4) is 0 Å². The van der Waals surface area contributed by atoms with Crippen molar-refractivity contribution in [1.82, 2.24) is 4.90 Å². The van der Waals surface area contributed by atoms with Crippen LogP contribution in [0.2, 0.25) is 0 Å². The average Bonchev–Trinajstić information content (AvgIpc) is 2.73. The van der Waals surface area contributed by atoms with E-state index in [4.69, 9.17) is 0 Å². The predicted molar refractivity (Wildman–Crippen MR) is 118 cm³/mol. The second-order valence-corrected chi connectivity index (χ2v) is 9.99. The Labute approximate surface area is 172 Å². The van der Waals surface area contributed by atoms with Gasteiger partial charge in [-0.2, -0.15) is 0 Å². The molecule has 1 fully saturated rings. The lowest BCUT2D eigenvalue weighted by Gasteiger charge is -2.60. The zero-order valence-corrected chi connectivity index (χ0v) is 17.7. The van der Waals surface area contributed by atoms with Crippen LogP contribution in [0.1, 0.15) is 70.6 Å². The van der Waals surface area contributed by atoms with Crippen LogP contribution in [0.4, 0.5) is 0 Å². The van der Waals surface area contributed by atoms with Gasteiger partial charge in [0.25, 0.3) is 0 Å². The molecule has 1 unspecified atom stereocenters. The summed E-state index contributed by atoms with van der Waals surface area (Å²) in [6.07, 6.45) is 30.0. The molecular weight excluding hydrogens is 340 g/mol. The molecule has 1 saturated heterocycles. The fourth-order valence-corrected chi connectivity index (χ4v) is 7.13. The summed E-state index contributed by atoms with van der Waals surface area (Å²) in [6.45, 7) is 5.21. The molecule has 2 heteroatoms. The number of nitrogens with zero attached hydrogens (tertiary/aromatic N) is 2. The maximum Gasteiger partial charge on any atom is 0.148 e. The van der Waals surface area contributed by atoms with E-state index in [9.17, 15) is 0 Å². The topological polar surface area (TPSA) is 6.25 Å². The molecule has 152 valence electrons. The van der Waals surface area contributed by atoms with Gasteiger partial charge in [0, 0.05) is 25.4 Å². The molecule has 6 aliphatic rings. The van der Waals surface area contributed by atoms with E-state index in [2.05, 4.69) is 46.1 Å². The highest BCUT2D eigenvalue weighted by atomic mass is 15.2. The Morgan fingerprint density at radius 1 is 0.893 bits per heavy atom. The standard InChI is InChI=1S/C26H39N2/c1-3-7-11-16-27-18-14-24-23-19-22(13-9-5-1)25-26(24,21-27)15-10-6-2-4-8-12-17-28(25)20-23/h1-2,5-6,19,21,23-25H,3-4,7-18,20H2/q+1/b5-1-,6-2-/t23-,24-,25-,26-/m1/s1. The Morgan fingerprint density at radius 3 is 2.64 bits per heavy atom. The molecule has 5 aliphatic heterocycles. The van der Waals surface area contributed by atoms with Crippen LogP contribution < -0.4 is 0 Å². The fourth-order valence-electron chi connectivity index (χ4n) is 7.13. The number of rotatable bonds is 0. The molecule has 0 aromatic rings. The van der Waals surface area contributed by atoms with E-state index in [0.717, 1.165) is 11.8 Å². The molecule has 6 rings (SSSR count). The molecule has 0 aromatic carbocycles. The third-order valence-electron chi connectivity index (χ3n) is 8.27. The van der Waals surface area contributed by atoms with Crippen LogP contribution in [0.3, 0.4) is 0 Å². The van der Waals surface area contributed by atoms with Gasteiger partial charge in [-0.05, 0) is 76.2 Å². The van der Waals surface area contributed by atoms with Crippen molar-refractivity contribution in [2.75, 3.05) is 26.2 Å². The fraction of sp³-hybridized carbons (Fsp3) is 0.731. The van der Waals surface area contributed by atoms with Gasteiger partial charge in [0.2, 0.25) is 0 Å². The lowest BCUT2D eigenvalue weighted by atomic mass is 9.53. The minimum absolute atomic E-state index is 0.387. The van der Waals surface area contributed by atoms with Gasteiger partial charge in [0.15, 0.2) is 0 Å². The number of hydrogen-bond donors (Lipinski definition) is 0. The Morgan fingerprint density at radius 2 is 1.71 bits per heavy atom. The van der Waals surface area contributed by atoms with Gasteiger partial charge in [-0.1, -0.05) is 36.0 Å². The molecule has 0 amide bonds. The van der Waals surface area contributed by atoms with E-state index >= 15 is 0 Å². The second-order valence-electron chi connectivity index (χ2n) is 9.99. The Kier molecular flexibility index (Phi) is 5.59. The van der Waals surface area contributed by atoms with E-state index < -0.39 is 0 Å². The smallest absolute Gasteiger partial charge is 0.148 e. The third-order valence-corrected chi connectivity index (χ3v) is 8.27. The monoisotopic (exact) mass is 379 g/mol. The number of piperidine rings is 1. The van der Waals surface area contributed by atoms with Crippen LogP contribution in [0.25, 0.3) is 0 Å². The van der Waals surface area contributed by atoms with Gasteiger partial charge < -0.3 is 0 Å². The summed E-state index contributed by atoms with van der Waals surface area (Å²) in [5, 5.41) is 0. The van der Waals surface area contributed by atoms with Crippen LogP contribution in [-0.4, -0.2) is 47.9 Å². The first kappa shape index (κ1) is 18.9. The zero-order chi connectivity index (χ0) is 18.8. The lowest BCUT2D eigenvalue weighted by Crippen LogP contribution is -2.66. The summed E-state index contributed by atoms with van der Waals surface area (Å²) in [4.78, 5) is 2.94. The van der Waals surface area contributed by atoms with Crippen LogP contribution in [0, 0.1) is 17.3 Å². The first-order valence-electron chi connectivity index (χ1n) is 12.2. The summed E-state index contributed by atoms with van der Waals surface area (Å²) < 4.78 is 2.75. The van der Waals surface area contributed by atoms with E-state index in [1.807, 2.05) is 0 Å².